The average Bonchev–Trinajstić information content (AvgIpc) is 3.01. The Morgan fingerprint density at radius 2 is 1.96 bits per heavy atom. The van der Waals surface area contributed by atoms with Gasteiger partial charge in [-0.25, -0.2) is 0 Å². The summed E-state index contributed by atoms with van der Waals surface area (Å²) in [7, 11) is 0. The molecule has 8 heteroatoms. The summed E-state index contributed by atoms with van der Waals surface area (Å²) in [4.78, 5) is 22.5. The van der Waals surface area contributed by atoms with Gasteiger partial charge in [0.05, 0.1) is 6.54 Å². The van der Waals surface area contributed by atoms with Crippen LogP contribution in [0.2, 0.25) is 0 Å². The van der Waals surface area contributed by atoms with Crippen molar-refractivity contribution in [2.75, 3.05) is 58.9 Å². The first kappa shape index (κ1) is 21.4. The lowest BCUT2D eigenvalue weighted by Gasteiger charge is -2.34. The van der Waals surface area contributed by atoms with Crippen LogP contribution in [-0.2, 0) is 4.79 Å². The maximum atomic E-state index is 11.3. The van der Waals surface area contributed by atoms with Crippen molar-refractivity contribution in [1.82, 2.24) is 20.0 Å². The second-order valence-corrected chi connectivity index (χ2v) is 6.43. The number of carbonyl (C=O) groups excluding carboxylic acids is 1. The molecular weight excluding hydrogens is 419 g/mol. The van der Waals surface area contributed by atoms with E-state index in [0.29, 0.717) is 12.0 Å². The Labute approximate surface area is 163 Å². The van der Waals surface area contributed by atoms with Gasteiger partial charge in [0.1, 0.15) is 0 Å². The van der Waals surface area contributed by atoms with Crippen LogP contribution in [0.5, 0.6) is 0 Å². The first-order chi connectivity index (χ1) is 11.1. The van der Waals surface area contributed by atoms with E-state index in [4.69, 9.17) is 5.73 Å². The number of hydrogen-bond donors (Lipinski definition) is 2. The van der Waals surface area contributed by atoms with Crippen molar-refractivity contribution in [2.24, 2.45) is 10.7 Å². The number of piperazine rings is 1. The van der Waals surface area contributed by atoms with Gasteiger partial charge in [-0.2, -0.15) is 0 Å². The zero-order valence-electron chi connectivity index (χ0n) is 15.0. The van der Waals surface area contributed by atoms with Crippen LogP contribution in [0.15, 0.2) is 4.99 Å². The molecule has 0 aromatic rings. The molecule has 0 aromatic heterocycles. The summed E-state index contributed by atoms with van der Waals surface area (Å²) in [5.41, 5.74) is 5.97. The second kappa shape index (κ2) is 11.1. The molecule has 2 aliphatic rings. The molecular formula is C16H33IN6O. The minimum absolute atomic E-state index is 0. The molecule has 2 fully saturated rings. The summed E-state index contributed by atoms with van der Waals surface area (Å²) in [6.07, 6.45) is 2.50. The van der Waals surface area contributed by atoms with E-state index >= 15 is 0 Å². The molecule has 2 saturated heterocycles. The summed E-state index contributed by atoms with van der Waals surface area (Å²) in [5, 5.41) is 3.21. The van der Waals surface area contributed by atoms with Crippen LogP contribution in [0.3, 0.4) is 0 Å². The van der Waals surface area contributed by atoms with Crippen molar-refractivity contribution in [3.05, 3.63) is 0 Å². The van der Waals surface area contributed by atoms with Gasteiger partial charge < -0.3 is 16.0 Å². The van der Waals surface area contributed by atoms with Gasteiger partial charge in [0.2, 0.25) is 5.91 Å². The summed E-state index contributed by atoms with van der Waals surface area (Å²) < 4.78 is 0. The van der Waals surface area contributed by atoms with Gasteiger partial charge in [-0.15, -0.1) is 24.0 Å². The topological polar surface area (TPSA) is 77.2 Å². The fourth-order valence-corrected chi connectivity index (χ4v) is 3.41. The van der Waals surface area contributed by atoms with Gasteiger partial charge in [0.15, 0.2) is 5.96 Å². The van der Waals surface area contributed by atoms with Crippen LogP contribution in [0, 0.1) is 0 Å². The Hall–Kier alpha value is -0.610. The third kappa shape index (κ3) is 6.72. The third-order valence-corrected chi connectivity index (χ3v) is 4.93. The highest BCUT2D eigenvalue weighted by Gasteiger charge is 2.22. The maximum Gasteiger partial charge on any atom is 0.219 e. The van der Waals surface area contributed by atoms with Gasteiger partial charge in [-0.3, -0.25) is 19.6 Å². The molecule has 0 spiro atoms. The molecule has 140 valence electrons. The molecule has 0 radical (unpaired) electrons. The fraction of sp³-hybridized carbons (Fsp3) is 0.875. The Kier molecular flexibility index (Phi) is 9.91. The number of aliphatic imine (C=N–C) groups is 1. The molecule has 2 heterocycles. The standard InChI is InChI=1S/C16H32N6O.HI/c1-3-21-7-4-5-15(21)13-19-16(17)18-6-8-20-9-11-22(12-10-20)14(2)23;/h15H,3-13H2,1-2H3,(H3,17,18,19);1H. The maximum absolute atomic E-state index is 11.3. The van der Waals surface area contributed by atoms with Crippen LogP contribution in [-0.4, -0.2) is 91.5 Å². The lowest BCUT2D eigenvalue weighted by atomic mass is 10.2. The Morgan fingerprint density at radius 3 is 2.58 bits per heavy atom. The number of amides is 1. The molecule has 1 amide bonds. The normalized spacial score (nSPS) is 23.2. The van der Waals surface area contributed by atoms with Crippen molar-refractivity contribution in [3.8, 4) is 0 Å². The Morgan fingerprint density at radius 1 is 1.25 bits per heavy atom. The SMILES string of the molecule is CCN1CCCC1CN=C(N)NCCN1CCN(C(C)=O)CC1.I. The van der Waals surface area contributed by atoms with E-state index < -0.39 is 0 Å². The minimum atomic E-state index is 0. The minimum Gasteiger partial charge on any atom is -0.370 e. The van der Waals surface area contributed by atoms with E-state index in [9.17, 15) is 4.79 Å². The zero-order valence-corrected chi connectivity index (χ0v) is 17.4. The van der Waals surface area contributed by atoms with Gasteiger partial charge in [0.25, 0.3) is 0 Å². The van der Waals surface area contributed by atoms with Crippen LogP contribution in [0.25, 0.3) is 0 Å². The number of hydrogen-bond acceptors (Lipinski definition) is 4. The second-order valence-electron chi connectivity index (χ2n) is 6.43. The molecule has 7 nitrogen and oxygen atoms in total. The molecule has 0 aliphatic carbocycles. The monoisotopic (exact) mass is 452 g/mol. The molecule has 2 aliphatic heterocycles. The molecule has 1 atom stereocenters. The number of nitrogens with one attached hydrogen (secondary N) is 1. The van der Waals surface area contributed by atoms with Gasteiger partial charge in [0, 0.05) is 52.2 Å². The first-order valence-electron chi connectivity index (χ1n) is 8.86. The van der Waals surface area contributed by atoms with E-state index in [-0.39, 0.29) is 29.9 Å². The number of likely N-dealkylation sites (tertiary alicyclic amines) is 1. The van der Waals surface area contributed by atoms with Crippen LogP contribution in [0.1, 0.15) is 26.7 Å². The molecule has 24 heavy (non-hydrogen) atoms. The molecule has 3 N–H and O–H groups in total. The lowest BCUT2D eigenvalue weighted by molar-refractivity contribution is -0.130. The van der Waals surface area contributed by atoms with E-state index in [1.165, 1.54) is 19.4 Å². The number of likely N-dealkylation sites (N-methyl/N-ethyl adjacent to an activating group) is 1. The smallest absolute Gasteiger partial charge is 0.219 e. The van der Waals surface area contributed by atoms with Crippen LogP contribution in [0.4, 0.5) is 0 Å². The molecule has 1 unspecified atom stereocenters. The van der Waals surface area contributed by atoms with Gasteiger partial charge in [-0.1, -0.05) is 6.92 Å². The highest BCUT2D eigenvalue weighted by atomic mass is 127. The highest BCUT2D eigenvalue weighted by Crippen LogP contribution is 2.16. The lowest BCUT2D eigenvalue weighted by Crippen LogP contribution is -2.50. The highest BCUT2D eigenvalue weighted by molar-refractivity contribution is 14.0. The quantitative estimate of drug-likeness (QED) is 0.341. The Balaban J connectivity index is 0.00000288. The van der Waals surface area contributed by atoms with Crippen molar-refractivity contribution in [3.63, 3.8) is 0 Å². The largest absolute Gasteiger partial charge is 0.370 e. The number of halogens is 1. The van der Waals surface area contributed by atoms with Gasteiger partial charge >= 0.3 is 0 Å². The Bertz CT molecular complexity index is 411. The number of guanidine groups is 1. The number of rotatable bonds is 6. The zero-order chi connectivity index (χ0) is 16.7. The molecule has 0 bridgehead atoms. The summed E-state index contributed by atoms with van der Waals surface area (Å²) in [6, 6.07) is 0.556. The predicted octanol–water partition coefficient (Wildman–Crippen LogP) is 0.157. The summed E-state index contributed by atoms with van der Waals surface area (Å²) >= 11 is 0. The van der Waals surface area contributed by atoms with E-state index in [0.717, 1.165) is 52.4 Å². The third-order valence-electron chi connectivity index (χ3n) is 4.93. The van der Waals surface area contributed by atoms with Crippen LogP contribution >= 0.6 is 24.0 Å². The summed E-state index contributed by atoms with van der Waals surface area (Å²) in [6.45, 7) is 12.2. The summed E-state index contributed by atoms with van der Waals surface area (Å²) in [5.74, 6) is 0.725. The van der Waals surface area contributed by atoms with E-state index in [1.54, 1.807) is 6.92 Å². The van der Waals surface area contributed by atoms with Crippen molar-refractivity contribution in [1.29, 1.82) is 0 Å². The molecule has 0 aromatic carbocycles. The van der Waals surface area contributed by atoms with Gasteiger partial charge in [-0.05, 0) is 25.9 Å². The predicted molar refractivity (Wildman–Crippen MR) is 109 cm³/mol. The fourth-order valence-electron chi connectivity index (χ4n) is 3.41. The van der Waals surface area contributed by atoms with Crippen molar-refractivity contribution < 1.29 is 4.79 Å². The number of nitrogens with two attached hydrogens (primary N) is 1. The number of carbonyl (C=O) groups is 1. The van der Waals surface area contributed by atoms with Crippen molar-refractivity contribution in [2.45, 2.75) is 32.7 Å². The van der Waals surface area contributed by atoms with E-state index in [2.05, 4.69) is 27.0 Å². The van der Waals surface area contributed by atoms with Crippen molar-refractivity contribution >= 4 is 35.8 Å². The molecule has 2 rings (SSSR count). The van der Waals surface area contributed by atoms with Crippen LogP contribution < -0.4 is 11.1 Å². The molecule has 0 saturated carbocycles. The average molecular weight is 452 g/mol. The first-order valence-corrected chi connectivity index (χ1v) is 8.86. The van der Waals surface area contributed by atoms with E-state index in [1.807, 2.05) is 4.90 Å². The number of nitrogens with zero attached hydrogens (tertiary/aromatic N) is 4.